The molecule has 0 saturated heterocycles. The summed E-state index contributed by atoms with van der Waals surface area (Å²) in [6.45, 7) is 0. The minimum atomic E-state index is 0.767. The van der Waals surface area contributed by atoms with E-state index >= 15 is 0 Å². The van der Waals surface area contributed by atoms with Crippen molar-refractivity contribution >= 4 is 17.0 Å². The minimum absolute atomic E-state index is 0.767. The smallest absolute Gasteiger partial charge is 0.141 e. The lowest BCUT2D eigenvalue weighted by molar-refractivity contribution is 0.410. The summed E-state index contributed by atoms with van der Waals surface area (Å²) >= 11 is 1.67. The molecular weight excluding hydrogens is 400 g/mol. The second-order valence-electron chi connectivity index (χ2n) is 7.16. The number of thiophene rings is 1. The fraction of sp³-hybridized carbons (Fsp3) is 0.0741. The molecule has 5 rings (SSSR count). The Balaban J connectivity index is 1.45. The molecule has 0 saturated carbocycles. The molecule has 3 nitrogen and oxygen atoms in total. The van der Waals surface area contributed by atoms with Crippen LogP contribution >= 0.6 is 11.3 Å². The van der Waals surface area contributed by atoms with Crippen molar-refractivity contribution in [3.63, 3.8) is 0 Å². The first-order valence-corrected chi connectivity index (χ1v) is 10.9. The Bertz CT molecular complexity index is 1400. The van der Waals surface area contributed by atoms with Crippen LogP contribution in [0.25, 0.3) is 16.2 Å². The summed E-state index contributed by atoms with van der Waals surface area (Å²) in [5, 5.41) is 0. The van der Waals surface area contributed by atoms with E-state index in [1.807, 2.05) is 54.7 Å². The highest BCUT2D eigenvalue weighted by atomic mass is 32.1. The number of benzene rings is 2. The first-order valence-electron chi connectivity index (χ1n) is 10.1. The van der Waals surface area contributed by atoms with Gasteiger partial charge in [0.15, 0.2) is 0 Å². The van der Waals surface area contributed by atoms with E-state index in [0.29, 0.717) is 0 Å². The van der Waals surface area contributed by atoms with Crippen LogP contribution in [0.3, 0.4) is 0 Å². The predicted molar refractivity (Wildman–Crippen MR) is 127 cm³/mol. The van der Waals surface area contributed by atoms with Crippen molar-refractivity contribution in [3.8, 4) is 28.2 Å². The molecule has 5 aromatic rings. The topological polar surface area (TPSA) is 26.5 Å². The molecule has 0 fully saturated rings. The first-order chi connectivity index (χ1) is 15.3. The van der Waals surface area contributed by atoms with Gasteiger partial charge in [-0.3, -0.25) is 0 Å². The SMILES string of the molecule is COc1ccccc1Cc1cccn2cc(-c3ccc(C#Cc4ccccc4)s3)nc12. The van der Waals surface area contributed by atoms with Crippen molar-refractivity contribution in [2.24, 2.45) is 0 Å². The van der Waals surface area contributed by atoms with Crippen molar-refractivity contribution in [2.75, 3.05) is 7.11 Å². The van der Waals surface area contributed by atoms with Gasteiger partial charge in [-0.15, -0.1) is 11.3 Å². The Labute approximate surface area is 185 Å². The molecule has 0 spiro atoms. The lowest BCUT2D eigenvalue weighted by Crippen LogP contribution is -1.96. The molecule has 0 radical (unpaired) electrons. The summed E-state index contributed by atoms with van der Waals surface area (Å²) in [6.07, 6.45) is 4.89. The molecule has 0 unspecified atom stereocenters. The van der Waals surface area contributed by atoms with E-state index in [9.17, 15) is 0 Å². The summed E-state index contributed by atoms with van der Waals surface area (Å²) in [5.74, 6) is 7.38. The number of aromatic nitrogens is 2. The predicted octanol–water partition coefficient (Wildman–Crippen LogP) is 6.06. The van der Waals surface area contributed by atoms with Gasteiger partial charge in [-0.05, 0) is 47.5 Å². The van der Waals surface area contributed by atoms with Crippen molar-refractivity contribution in [1.29, 1.82) is 0 Å². The van der Waals surface area contributed by atoms with E-state index in [0.717, 1.165) is 44.4 Å². The largest absolute Gasteiger partial charge is 0.496 e. The zero-order valence-electron chi connectivity index (χ0n) is 17.1. The average molecular weight is 421 g/mol. The zero-order valence-corrected chi connectivity index (χ0v) is 17.9. The van der Waals surface area contributed by atoms with E-state index in [1.54, 1.807) is 18.4 Å². The van der Waals surface area contributed by atoms with Crippen molar-refractivity contribution < 1.29 is 4.74 Å². The summed E-state index contributed by atoms with van der Waals surface area (Å²) in [4.78, 5) is 7.10. The number of fused-ring (bicyclic) bond motifs is 1. The van der Waals surface area contributed by atoms with Gasteiger partial charge in [-0.2, -0.15) is 0 Å². The third kappa shape index (κ3) is 4.09. The Morgan fingerprint density at radius 1 is 0.871 bits per heavy atom. The molecule has 0 aliphatic rings. The molecule has 2 aromatic carbocycles. The third-order valence-electron chi connectivity index (χ3n) is 5.10. The van der Waals surface area contributed by atoms with E-state index in [1.165, 1.54) is 5.56 Å². The fourth-order valence-electron chi connectivity index (χ4n) is 3.58. The number of ether oxygens (including phenoxy) is 1. The van der Waals surface area contributed by atoms with Crippen molar-refractivity contribution in [2.45, 2.75) is 6.42 Å². The summed E-state index contributed by atoms with van der Waals surface area (Å²) in [5.41, 5.74) is 5.27. The van der Waals surface area contributed by atoms with Crippen LogP contribution in [0.2, 0.25) is 0 Å². The van der Waals surface area contributed by atoms with Gasteiger partial charge in [0.25, 0.3) is 0 Å². The Kier molecular flexibility index (Phi) is 5.26. The Morgan fingerprint density at radius 3 is 2.55 bits per heavy atom. The number of nitrogens with zero attached hydrogens (tertiary/aromatic N) is 2. The molecule has 0 atom stereocenters. The quantitative estimate of drug-likeness (QED) is 0.330. The standard InChI is InChI=1S/C27H20N2OS/c1-30-25-12-6-5-10-21(25)18-22-11-7-17-29-19-24(28-27(22)29)26-16-15-23(31-26)14-13-20-8-3-2-4-9-20/h2-12,15-17,19H,18H2,1H3. The molecular formula is C27H20N2OS. The van der Waals surface area contributed by atoms with Crippen LogP contribution in [0.15, 0.2) is 91.3 Å². The van der Waals surface area contributed by atoms with Gasteiger partial charge in [0.05, 0.1) is 22.6 Å². The first kappa shape index (κ1) is 19.2. The van der Waals surface area contributed by atoms with Crippen LogP contribution in [0.5, 0.6) is 5.75 Å². The molecule has 0 amide bonds. The van der Waals surface area contributed by atoms with Crippen molar-refractivity contribution in [3.05, 3.63) is 113 Å². The van der Waals surface area contributed by atoms with Gasteiger partial charge in [0, 0.05) is 24.4 Å². The van der Waals surface area contributed by atoms with Crippen LogP contribution in [-0.4, -0.2) is 16.5 Å². The van der Waals surface area contributed by atoms with E-state index < -0.39 is 0 Å². The number of pyridine rings is 1. The number of methoxy groups -OCH3 is 1. The van der Waals surface area contributed by atoms with Gasteiger partial charge in [-0.1, -0.05) is 54.3 Å². The molecule has 31 heavy (non-hydrogen) atoms. The Hall–Kier alpha value is -3.81. The lowest BCUT2D eigenvalue weighted by Gasteiger charge is -2.08. The number of para-hydroxylation sites is 1. The Morgan fingerprint density at radius 2 is 1.68 bits per heavy atom. The van der Waals surface area contributed by atoms with Crippen LogP contribution in [0, 0.1) is 11.8 Å². The number of hydrogen-bond donors (Lipinski definition) is 0. The molecule has 0 aliphatic carbocycles. The van der Waals surface area contributed by atoms with Gasteiger partial charge in [-0.25, -0.2) is 4.98 Å². The van der Waals surface area contributed by atoms with Crippen LogP contribution in [-0.2, 0) is 6.42 Å². The van der Waals surface area contributed by atoms with Gasteiger partial charge >= 0.3 is 0 Å². The second kappa shape index (κ2) is 8.51. The highest BCUT2D eigenvalue weighted by Gasteiger charge is 2.12. The van der Waals surface area contributed by atoms with Gasteiger partial charge < -0.3 is 9.14 Å². The molecule has 0 bridgehead atoms. The molecule has 150 valence electrons. The molecule has 0 N–H and O–H groups in total. The number of hydrogen-bond acceptors (Lipinski definition) is 3. The third-order valence-corrected chi connectivity index (χ3v) is 6.12. The zero-order chi connectivity index (χ0) is 21.0. The molecule has 3 heterocycles. The van der Waals surface area contributed by atoms with Crippen LogP contribution in [0.4, 0.5) is 0 Å². The number of imidazole rings is 1. The second-order valence-corrected chi connectivity index (χ2v) is 8.24. The summed E-state index contributed by atoms with van der Waals surface area (Å²) in [6, 6.07) is 26.5. The van der Waals surface area contributed by atoms with Gasteiger partial charge in [0.2, 0.25) is 0 Å². The highest BCUT2D eigenvalue weighted by molar-refractivity contribution is 7.16. The maximum Gasteiger partial charge on any atom is 0.141 e. The summed E-state index contributed by atoms with van der Waals surface area (Å²) in [7, 11) is 1.71. The van der Waals surface area contributed by atoms with Crippen molar-refractivity contribution in [1.82, 2.24) is 9.38 Å². The van der Waals surface area contributed by atoms with Crippen LogP contribution in [0.1, 0.15) is 21.6 Å². The van der Waals surface area contributed by atoms with Crippen LogP contribution < -0.4 is 4.74 Å². The minimum Gasteiger partial charge on any atom is -0.496 e. The molecule has 0 aliphatic heterocycles. The molecule has 3 aromatic heterocycles. The normalized spacial score (nSPS) is 10.6. The highest BCUT2D eigenvalue weighted by Crippen LogP contribution is 2.29. The lowest BCUT2D eigenvalue weighted by atomic mass is 10.1. The average Bonchev–Trinajstić information content (AvgIpc) is 3.46. The van der Waals surface area contributed by atoms with Gasteiger partial charge in [0.1, 0.15) is 11.4 Å². The van der Waals surface area contributed by atoms with E-state index in [2.05, 4.69) is 52.8 Å². The fourth-order valence-corrected chi connectivity index (χ4v) is 4.39. The number of rotatable bonds is 4. The van der Waals surface area contributed by atoms with E-state index in [-0.39, 0.29) is 0 Å². The maximum atomic E-state index is 5.52. The van der Waals surface area contributed by atoms with E-state index in [4.69, 9.17) is 9.72 Å². The monoisotopic (exact) mass is 420 g/mol. The maximum absolute atomic E-state index is 5.52. The molecule has 4 heteroatoms. The summed E-state index contributed by atoms with van der Waals surface area (Å²) < 4.78 is 7.62.